The molecule has 2 amide bonds. The van der Waals surface area contributed by atoms with E-state index in [2.05, 4.69) is 61.7 Å². The van der Waals surface area contributed by atoms with Crippen molar-refractivity contribution in [1.29, 1.82) is 0 Å². The molecular weight excluding hydrogens is 620 g/mol. The fourth-order valence-electron chi connectivity index (χ4n) is 4.25. The zero-order chi connectivity index (χ0) is 27.5. The van der Waals surface area contributed by atoms with Crippen molar-refractivity contribution in [2.75, 3.05) is 26.3 Å². The highest BCUT2D eigenvalue weighted by atomic mass is 79.9. The summed E-state index contributed by atoms with van der Waals surface area (Å²) in [4.78, 5) is 26.9. The Morgan fingerprint density at radius 2 is 1.63 bits per heavy atom. The van der Waals surface area contributed by atoms with Crippen LogP contribution >= 0.6 is 31.9 Å². The Labute approximate surface area is 241 Å². The van der Waals surface area contributed by atoms with E-state index >= 15 is 0 Å². The lowest BCUT2D eigenvalue weighted by molar-refractivity contribution is -0.123. The van der Waals surface area contributed by atoms with Crippen LogP contribution in [0.1, 0.15) is 49.0 Å². The summed E-state index contributed by atoms with van der Waals surface area (Å²) < 4.78 is 27.4. The molecule has 0 aliphatic carbocycles. The Kier molecular flexibility index (Phi) is 12.7. The number of hydrogen-bond donors (Lipinski definition) is 3. The molecule has 3 rings (SSSR count). The van der Waals surface area contributed by atoms with E-state index in [1.54, 1.807) is 6.07 Å². The molecule has 2 aromatic rings. The smallest absolute Gasteiger partial charge is 0.410 e. The van der Waals surface area contributed by atoms with Gasteiger partial charge in [0.2, 0.25) is 5.91 Å². The maximum atomic E-state index is 14.8. The second-order valence-electron chi connectivity index (χ2n) is 9.75. The minimum absolute atomic E-state index is 0.160. The molecule has 0 aromatic heterocycles. The Morgan fingerprint density at radius 3 is 2.26 bits per heavy atom. The van der Waals surface area contributed by atoms with Crippen molar-refractivity contribution in [3.05, 3.63) is 68.4 Å². The number of halogens is 3. The lowest BCUT2D eigenvalue weighted by Crippen LogP contribution is -2.56. The molecule has 3 N–H and O–H groups in total. The monoisotopic (exact) mass is 653 g/mol. The summed E-state index contributed by atoms with van der Waals surface area (Å²) in [7, 11) is -0.607. The average Bonchev–Trinajstić information content (AvgIpc) is 2.89. The van der Waals surface area contributed by atoms with Gasteiger partial charge in [-0.1, -0.05) is 44.2 Å². The van der Waals surface area contributed by atoms with Crippen LogP contribution in [0.2, 0.25) is 0 Å². The van der Waals surface area contributed by atoms with E-state index in [9.17, 15) is 14.0 Å². The van der Waals surface area contributed by atoms with Crippen molar-refractivity contribution in [3.63, 3.8) is 0 Å². The van der Waals surface area contributed by atoms with Crippen LogP contribution in [0.3, 0.4) is 0 Å². The highest BCUT2D eigenvalue weighted by Gasteiger charge is 2.35. The minimum Gasteiger partial charge on any atom is -0.410 e. The van der Waals surface area contributed by atoms with E-state index < -0.39 is 30.8 Å². The third-order valence-corrected chi connectivity index (χ3v) is 7.39. The molecule has 0 bridgehead atoms. The average molecular weight is 655 g/mol. The van der Waals surface area contributed by atoms with E-state index in [4.69, 9.17) is 9.31 Å². The molecule has 11 heteroatoms. The highest BCUT2D eigenvalue weighted by molar-refractivity contribution is 9.11. The summed E-state index contributed by atoms with van der Waals surface area (Å²) in [5, 5.41) is 9.19. The number of benzene rings is 2. The molecule has 0 unspecified atom stereocenters. The van der Waals surface area contributed by atoms with E-state index in [0.29, 0.717) is 24.1 Å². The van der Waals surface area contributed by atoms with Gasteiger partial charge < -0.3 is 25.3 Å². The van der Waals surface area contributed by atoms with E-state index in [0.717, 1.165) is 31.5 Å². The summed E-state index contributed by atoms with van der Waals surface area (Å²) in [6.07, 6.45) is 2.54. The molecule has 206 valence electrons. The Morgan fingerprint density at radius 1 is 1.00 bits per heavy atom. The molecular formula is C27H35BBr2FN3O4. The van der Waals surface area contributed by atoms with E-state index in [1.165, 1.54) is 6.07 Å². The van der Waals surface area contributed by atoms with Gasteiger partial charge in [-0.05, 0) is 87.8 Å². The van der Waals surface area contributed by atoms with Gasteiger partial charge in [-0.25, -0.2) is 4.39 Å². The standard InChI is InChI=1S/C27H35BBr2FN3O4/c1-18(2)16-23(28-37-14-6-12-32-13-7-15-38-28)34-26(35)22(17-19-8-4-3-5-9-19)33-27(36)24-20(29)10-11-21(30)25(24)31/h3-5,8-11,18,22-23,32H,6-7,12-17H2,1-2H3,(H,33,36)(H,34,35)/t22-,23-/m0/s1. The zero-order valence-electron chi connectivity index (χ0n) is 21.8. The van der Waals surface area contributed by atoms with Gasteiger partial charge in [-0.2, -0.15) is 0 Å². The van der Waals surface area contributed by atoms with Gasteiger partial charge in [0.1, 0.15) is 6.04 Å². The summed E-state index contributed by atoms with van der Waals surface area (Å²) in [5.74, 6) is -1.93. The molecule has 1 fully saturated rings. The van der Waals surface area contributed by atoms with Gasteiger partial charge in [0.25, 0.3) is 5.91 Å². The number of nitrogens with one attached hydrogen (secondary N) is 3. The molecule has 2 aromatic carbocycles. The number of carbonyl (C=O) groups excluding carboxylic acids is 2. The highest BCUT2D eigenvalue weighted by Crippen LogP contribution is 2.26. The van der Waals surface area contributed by atoms with Crippen molar-refractivity contribution < 1.29 is 23.3 Å². The fourth-order valence-corrected chi connectivity index (χ4v) is 5.07. The second kappa shape index (κ2) is 15.7. The van der Waals surface area contributed by atoms with Crippen molar-refractivity contribution in [1.82, 2.24) is 16.0 Å². The Hall–Kier alpha value is -1.79. The van der Waals surface area contributed by atoms with Crippen LogP contribution < -0.4 is 16.0 Å². The third-order valence-electron chi connectivity index (χ3n) is 6.12. The zero-order valence-corrected chi connectivity index (χ0v) is 24.9. The first-order valence-corrected chi connectivity index (χ1v) is 14.6. The van der Waals surface area contributed by atoms with Crippen molar-refractivity contribution >= 4 is 50.8 Å². The third kappa shape index (κ3) is 9.45. The van der Waals surface area contributed by atoms with Crippen LogP contribution in [-0.4, -0.2) is 57.2 Å². The van der Waals surface area contributed by atoms with Gasteiger partial charge in [-0.15, -0.1) is 0 Å². The molecule has 1 saturated heterocycles. The first-order valence-electron chi connectivity index (χ1n) is 13.0. The molecule has 2 atom stereocenters. The van der Waals surface area contributed by atoms with Crippen molar-refractivity contribution in [2.45, 2.75) is 51.5 Å². The van der Waals surface area contributed by atoms with Gasteiger partial charge >= 0.3 is 7.12 Å². The van der Waals surface area contributed by atoms with E-state index in [-0.39, 0.29) is 28.3 Å². The molecule has 0 saturated carbocycles. The Balaban J connectivity index is 1.83. The normalized spacial score (nSPS) is 16.5. The molecule has 1 aliphatic rings. The summed E-state index contributed by atoms with van der Waals surface area (Å²) in [6, 6.07) is 11.5. The fraction of sp³-hybridized carbons (Fsp3) is 0.481. The van der Waals surface area contributed by atoms with Gasteiger partial charge in [0.05, 0.1) is 16.0 Å². The maximum absolute atomic E-state index is 14.8. The molecule has 0 spiro atoms. The SMILES string of the molecule is CC(C)C[C@H](NC(=O)[C@H](Cc1ccccc1)NC(=O)c1c(Br)ccc(Br)c1F)B1OCCCNCCCO1. The first kappa shape index (κ1) is 30.8. The van der Waals surface area contributed by atoms with Gasteiger partial charge in [0, 0.05) is 24.1 Å². The van der Waals surface area contributed by atoms with Crippen LogP contribution in [0.4, 0.5) is 4.39 Å². The molecule has 38 heavy (non-hydrogen) atoms. The predicted octanol–water partition coefficient (Wildman–Crippen LogP) is 4.67. The van der Waals surface area contributed by atoms with E-state index in [1.807, 2.05) is 30.3 Å². The van der Waals surface area contributed by atoms with Crippen LogP contribution in [0.25, 0.3) is 0 Å². The second-order valence-corrected chi connectivity index (χ2v) is 11.5. The maximum Gasteiger partial charge on any atom is 0.480 e. The van der Waals surface area contributed by atoms with Crippen LogP contribution in [0.15, 0.2) is 51.4 Å². The quantitative estimate of drug-likeness (QED) is 0.270. The minimum atomic E-state index is -0.950. The summed E-state index contributed by atoms with van der Waals surface area (Å²) in [6.45, 7) is 6.87. The van der Waals surface area contributed by atoms with Crippen LogP contribution in [-0.2, 0) is 20.5 Å². The number of rotatable bonds is 9. The van der Waals surface area contributed by atoms with Crippen LogP contribution in [0, 0.1) is 11.7 Å². The number of hydrogen-bond acceptors (Lipinski definition) is 5. The molecule has 1 heterocycles. The van der Waals surface area contributed by atoms with Crippen molar-refractivity contribution in [2.24, 2.45) is 5.92 Å². The topological polar surface area (TPSA) is 88.7 Å². The molecule has 1 aliphatic heterocycles. The van der Waals surface area contributed by atoms with Gasteiger partial charge in [-0.3, -0.25) is 9.59 Å². The first-order chi connectivity index (χ1) is 18.3. The van der Waals surface area contributed by atoms with Crippen LogP contribution in [0.5, 0.6) is 0 Å². The summed E-state index contributed by atoms with van der Waals surface area (Å²) in [5.41, 5.74) is 0.692. The van der Waals surface area contributed by atoms with Crippen molar-refractivity contribution in [3.8, 4) is 0 Å². The summed E-state index contributed by atoms with van der Waals surface area (Å²) >= 11 is 6.39. The number of carbonyl (C=O) groups is 2. The van der Waals surface area contributed by atoms with Gasteiger partial charge in [0.15, 0.2) is 5.82 Å². The molecule has 7 nitrogen and oxygen atoms in total. The Bertz CT molecular complexity index is 1050. The predicted molar refractivity (Wildman–Crippen MR) is 154 cm³/mol. The molecule has 0 radical (unpaired) electrons. The lowest BCUT2D eigenvalue weighted by Gasteiger charge is -2.29. The largest absolute Gasteiger partial charge is 0.480 e. The number of amides is 2. The lowest BCUT2D eigenvalue weighted by atomic mass is 9.73.